The molecule has 0 radical (unpaired) electrons. The largest absolute Gasteiger partial charge is 0.484 e. The number of rotatable bonds is 9. The molecule has 3 rings (SSSR count). The van der Waals surface area contributed by atoms with Gasteiger partial charge in [0.25, 0.3) is 18.9 Å². The Hall–Kier alpha value is -2.64. The van der Waals surface area contributed by atoms with Crippen LogP contribution in [-0.2, 0) is 26.1 Å². The monoisotopic (exact) mass is 465 g/mol. The molecule has 1 aromatic heterocycles. The van der Waals surface area contributed by atoms with Gasteiger partial charge in [0.1, 0.15) is 23.7 Å². The predicted molar refractivity (Wildman–Crippen MR) is 101 cm³/mol. The van der Waals surface area contributed by atoms with Crippen molar-refractivity contribution in [3.8, 4) is 11.8 Å². The van der Waals surface area contributed by atoms with Crippen LogP contribution in [0.15, 0.2) is 6.07 Å². The molecule has 32 heavy (non-hydrogen) atoms. The molecule has 1 aromatic carbocycles. The molecule has 1 atom stereocenters. The van der Waals surface area contributed by atoms with Crippen LogP contribution in [0.2, 0.25) is 0 Å². The number of fused-ring (bicyclic) bond motifs is 1. The molecule has 0 bridgehead atoms. The third-order valence-corrected chi connectivity index (χ3v) is 4.37. The van der Waals surface area contributed by atoms with Gasteiger partial charge in [-0.25, -0.2) is 17.6 Å². The number of halogens is 4. The zero-order valence-electron chi connectivity index (χ0n) is 17.6. The quantitative estimate of drug-likeness (QED) is 0.567. The number of aromatic nitrogens is 2. The van der Waals surface area contributed by atoms with E-state index < -0.39 is 43.0 Å². The summed E-state index contributed by atoms with van der Waals surface area (Å²) in [4.78, 5) is 14.9. The number of hydrogen-bond donors (Lipinski definition) is 1. The molecule has 0 unspecified atom stereocenters. The fourth-order valence-electron chi connectivity index (χ4n) is 3.02. The van der Waals surface area contributed by atoms with Crippen LogP contribution in [0, 0.1) is 11.6 Å². The smallest absolute Gasteiger partial charge is 0.297 e. The Morgan fingerprint density at radius 3 is 2.62 bits per heavy atom. The first-order valence-electron chi connectivity index (χ1n) is 9.69. The average molecular weight is 465 g/mol. The van der Waals surface area contributed by atoms with Gasteiger partial charge in [0.2, 0.25) is 5.91 Å². The number of carbonyl (C=O) groups is 1. The summed E-state index contributed by atoms with van der Waals surface area (Å²) in [5.74, 6) is -2.83. The lowest BCUT2D eigenvalue weighted by Gasteiger charge is -2.29. The highest BCUT2D eigenvalue weighted by Crippen LogP contribution is 2.32. The van der Waals surface area contributed by atoms with E-state index in [1.54, 1.807) is 6.92 Å². The van der Waals surface area contributed by atoms with Gasteiger partial charge in [0.05, 0.1) is 19.8 Å². The molecule has 9 nitrogen and oxygen atoms in total. The zero-order valence-corrected chi connectivity index (χ0v) is 17.6. The summed E-state index contributed by atoms with van der Waals surface area (Å²) in [5.41, 5.74) is -0.634. The van der Waals surface area contributed by atoms with Gasteiger partial charge in [-0.1, -0.05) is 0 Å². The summed E-state index contributed by atoms with van der Waals surface area (Å²) in [6.45, 7) is 1.34. The topological polar surface area (TPSA) is 93.1 Å². The first kappa shape index (κ1) is 24.0. The number of imidazole rings is 1. The van der Waals surface area contributed by atoms with Crippen LogP contribution in [0.4, 0.5) is 17.6 Å². The Kier molecular flexibility index (Phi) is 7.74. The summed E-state index contributed by atoms with van der Waals surface area (Å²) >= 11 is 0. The molecule has 13 heteroatoms. The fourth-order valence-corrected chi connectivity index (χ4v) is 3.02. The molecule has 1 N–H and O–H groups in total. The van der Waals surface area contributed by atoms with Crippen molar-refractivity contribution in [1.82, 2.24) is 14.9 Å². The average Bonchev–Trinajstić information content (AvgIpc) is 3.05. The van der Waals surface area contributed by atoms with E-state index in [2.05, 4.69) is 15.0 Å². The maximum atomic E-state index is 14.7. The number of amides is 1. The fraction of sp³-hybridized carbons (Fsp3) is 0.579. The predicted octanol–water partition coefficient (Wildman–Crippen LogP) is 2.11. The summed E-state index contributed by atoms with van der Waals surface area (Å²) < 4.78 is 81.3. The van der Waals surface area contributed by atoms with E-state index in [0.717, 1.165) is 4.57 Å². The highest BCUT2D eigenvalue weighted by molar-refractivity contribution is 5.80. The third kappa shape index (κ3) is 5.78. The molecule has 0 spiro atoms. The van der Waals surface area contributed by atoms with Crippen molar-refractivity contribution in [3.63, 3.8) is 0 Å². The number of aryl methyl sites for hydroxylation is 1. The molecule has 1 amide bonds. The minimum absolute atomic E-state index is 0.0378. The van der Waals surface area contributed by atoms with Gasteiger partial charge in [-0.05, 0) is 6.92 Å². The number of nitrogens with one attached hydrogen (secondary N) is 1. The van der Waals surface area contributed by atoms with E-state index in [0.29, 0.717) is 6.07 Å². The SMILES string of the molecule is CC(=O)N[C@@H](C)COC1OCC(Oc2nc3c(F)cc(OCC(F)F)c(F)c3n2C)CO1. The molecule has 0 aliphatic carbocycles. The summed E-state index contributed by atoms with van der Waals surface area (Å²) in [6.07, 6.45) is -3.50. The van der Waals surface area contributed by atoms with E-state index >= 15 is 0 Å². The van der Waals surface area contributed by atoms with Gasteiger partial charge in [-0.2, -0.15) is 4.98 Å². The van der Waals surface area contributed by atoms with E-state index in [1.165, 1.54) is 14.0 Å². The molecule has 2 heterocycles. The van der Waals surface area contributed by atoms with Gasteiger partial charge >= 0.3 is 0 Å². The molecule has 2 aromatic rings. The van der Waals surface area contributed by atoms with Crippen LogP contribution >= 0.6 is 0 Å². The molecule has 1 aliphatic heterocycles. The van der Waals surface area contributed by atoms with E-state index in [-0.39, 0.29) is 48.8 Å². The standard InChI is InChI=1S/C19H23F4N3O6/c1-9(24-10(2)27)5-29-19-30-6-11(7-31-19)32-18-25-16-12(20)4-13(28-8-14(21)22)15(23)17(16)26(18)3/h4,9,11,14,19H,5-8H2,1-3H3,(H,24,27)/t9-,11?,19?/m0/s1. The van der Waals surface area contributed by atoms with Crippen molar-refractivity contribution in [2.75, 3.05) is 26.4 Å². The minimum atomic E-state index is -2.84. The Morgan fingerprint density at radius 2 is 2.00 bits per heavy atom. The minimum Gasteiger partial charge on any atom is -0.484 e. The van der Waals surface area contributed by atoms with Crippen molar-refractivity contribution in [1.29, 1.82) is 0 Å². The first-order chi connectivity index (χ1) is 15.2. The van der Waals surface area contributed by atoms with Crippen LogP contribution in [-0.4, -0.2) is 66.9 Å². The molecule has 0 saturated carbocycles. The van der Waals surface area contributed by atoms with E-state index in [4.69, 9.17) is 18.9 Å². The third-order valence-electron chi connectivity index (χ3n) is 4.37. The van der Waals surface area contributed by atoms with Crippen LogP contribution < -0.4 is 14.8 Å². The van der Waals surface area contributed by atoms with E-state index in [1.807, 2.05) is 0 Å². The van der Waals surface area contributed by atoms with Crippen LogP contribution in [0.5, 0.6) is 11.8 Å². The Balaban J connectivity index is 1.62. The van der Waals surface area contributed by atoms with Crippen LogP contribution in [0.25, 0.3) is 11.0 Å². The van der Waals surface area contributed by atoms with Gasteiger partial charge in [-0.15, -0.1) is 0 Å². The second kappa shape index (κ2) is 10.3. The number of nitrogens with zero attached hydrogens (tertiary/aromatic N) is 2. The van der Waals surface area contributed by atoms with Crippen molar-refractivity contribution in [2.45, 2.75) is 38.9 Å². The second-order valence-electron chi connectivity index (χ2n) is 7.15. The Labute approximate surface area is 180 Å². The summed E-state index contributed by atoms with van der Waals surface area (Å²) in [6, 6.07) is 0.292. The molecular formula is C19H23F4N3O6. The van der Waals surface area contributed by atoms with Crippen molar-refractivity contribution >= 4 is 16.9 Å². The van der Waals surface area contributed by atoms with Crippen LogP contribution in [0.3, 0.4) is 0 Å². The highest BCUT2D eigenvalue weighted by Gasteiger charge is 2.28. The molecule has 178 valence electrons. The molecular weight excluding hydrogens is 442 g/mol. The van der Waals surface area contributed by atoms with Crippen molar-refractivity contribution < 1.29 is 46.0 Å². The Bertz CT molecular complexity index is 949. The lowest BCUT2D eigenvalue weighted by molar-refractivity contribution is -0.327. The summed E-state index contributed by atoms with van der Waals surface area (Å²) in [7, 11) is 1.38. The molecule has 1 saturated heterocycles. The number of ether oxygens (including phenoxy) is 5. The molecule has 1 fully saturated rings. The number of alkyl halides is 2. The molecule has 1 aliphatic rings. The lowest BCUT2D eigenvalue weighted by Crippen LogP contribution is -2.42. The van der Waals surface area contributed by atoms with Gasteiger partial charge in [0, 0.05) is 26.1 Å². The first-order valence-corrected chi connectivity index (χ1v) is 9.69. The van der Waals surface area contributed by atoms with E-state index in [9.17, 15) is 22.4 Å². The van der Waals surface area contributed by atoms with Gasteiger partial charge in [-0.3, -0.25) is 9.36 Å². The Morgan fingerprint density at radius 1 is 1.31 bits per heavy atom. The van der Waals surface area contributed by atoms with Crippen molar-refractivity contribution in [2.24, 2.45) is 7.05 Å². The summed E-state index contributed by atoms with van der Waals surface area (Å²) in [5, 5.41) is 2.65. The van der Waals surface area contributed by atoms with Gasteiger partial charge < -0.3 is 29.0 Å². The van der Waals surface area contributed by atoms with Crippen LogP contribution in [0.1, 0.15) is 13.8 Å². The maximum Gasteiger partial charge on any atom is 0.297 e. The number of carbonyl (C=O) groups excluding carboxylic acids is 1. The normalized spacial score (nSPS) is 19.9. The zero-order chi connectivity index (χ0) is 23.4. The maximum absolute atomic E-state index is 14.7. The highest BCUT2D eigenvalue weighted by atomic mass is 19.3. The lowest BCUT2D eigenvalue weighted by atomic mass is 10.2. The second-order valence-corrected chi connectivity index (χ2v) is 7.15. The number of benzene rings is 1. The van der Waals surface area contributed by atoms with Gasteiger partial charge in [0.15, 0.2) is 17.4 Å². The van der Waals surface area contributed by atoms with Crippen molar-refractivity contribution in [3.05, 3.63) is 17.7 Å². The number of hydrogen-bond acceptors (Lipinski definition) is 7.